The Hall–Kier alpha value is -1.75. The highest BCUT2D eigenvalue weighted by atomic mass is 16.5. The van der Waals surface area contributed by atoms with Crippen molar-refractivity contribution >= 4 is 5.91 Å². The molecule has 1 heterocycles. The van der Waals surface area contributed by atoms with E-state index in [2.05, 4.69) is 18.7 Å². The number of benzene rings is 1. The highest BCUT2D eigenvalue weighted by Crippen LogP contribution is 2.28. The number of amides is 1. The summed E-state index contributed by atoms with van der Waals surface area (Å²) >= 11 is 0. The average Bonchev–Trinajstić information content (AvgIpc) is 2.59. The van der Waals surface area contributed by atoms with Crippen LogP contribution >= 0.6 is 0 Å². The van der Waals surface area contributed by atoms with Gasteiger partial charge in [-0.05, 0) is 31.5 Å². The van der Waals surface area contributed by atoms with Gasteiger partial charge in [-0.1, -0.05) is 6.92 Å². The van der Waals surface area contributed by atoms with Gasteiger partial charge >= 0.3 is 0 Å². The maximum Gasteiger partial charge on any atom is 0.254 e. The quantitative estimate of drug-likeness (QED) is 0.837. The molecular formula is C17H26N2O3. The van der Waals surface area contributed by atoms with Crippen LogP contribution in [0.3, 0.4) is 0 Å². The van der Waals surface area contributed by atoms with Crippen LogP contribution in [0.25, 0.3) is 0 Å². The van der Waals surface area contributed by atoms with E-state index in [0.717, 1.165) is 32.6 Å². The van der Waals surface area contributed by atoms with Crippen LogP contribution < -0.4 is 9.47 Å². The van der Waals surface area contributed by atoms with E-state index in [9.17, 15) is 4.79 Å². The molecule has 0 spiro atoms. The minimum Gasteiger partial charge on any atom is -0.493 e. The van der Waals surface area contributed by atoms with Crippen molar-refractivity contribution in [1.82, 2.24) is 9.80 Å². The van der Waals surface area contributed by atoms with Gasteiger partial charge in [0.2, 0.25) is 0 Å². The highest BCUT2D eigenvalue weighted by Gasteiger charge is 2.24. The SMILES string of the molecule is CC[C@@H](C)N1CCN(C(=O)c2ccc(OC)c(OC)c2)CC1. The van der Waals surface area contributed by atoms with E-state index >= 15 is 0 Å². The van der Waals surface area contributed by atoms with E-state index in [1.54, 1.807) is 32.4 Å². The lowest BCUT2D eigenvalue weighted by atomic mass is 10.1. The van der Waals surface area contributed by atoms with E-state index in [0.29, 0.717) is 23.1 Å². The van der Waals surface area contributed by atoms with Gasteiger partial charge in [0.15, 0.2) is 11.5 Å². The molecule has 2 rings (SSSR count). The van der Waals surface area contributed by atoms with Crippen molar-refractivity contribution in [2.45, 2.75) is 26.3 Å². The van der Waals surface area contributed by atoms with E-state index in [-0.39, 0.29) is 5.91 Å². The molecule has 0 radical (unpaired) electrons. The first-order valence-electron chi connectivity index (χ1n) is 7.86. The Morgan fingerprint density at radius 2 is 1.77 bits per heavy atom. The average molecular weight is 306 g/mol. The molecule has 1 aliphatic rings. The molecule has 0 saturated carbocycles. The highest BCUT2D eigenvalue weighted by molar-refractivity contribution is 5.95. The molecule has 1 fully saturated rings. The molecule has 5 nitrogen and oxygen atoms in total. The summed E-state index contributed by atoms with van der Waals surface area (Å²) in [6, 6.07) is 5.91. The fraction of sp³-hybridized carbons (Fsp3) is 0.588. The van der Waals surface area contributed by atoms with Crippen molar-refractivity contribution in [2.24, 2.45) is 0 Å². The first-order chi connectivity index (χ1) is 10.6. The normalized spacial score (nSPS) is 17.2. The van der Waals surface area contributed by atoms with Crippen molar-refractivity contribution in [2.75, 3.05) is 40.4 Å². The largest absolute Gasteiger partial charge is 0.493 e. The maximum atomic E-state index is 12.6. The van der Waals surface area contributed by atoms with Gasteiger partial charge in [-0.3, -0.25) is 9.69 Å². The third-order valence-corrected chi connectivity index (χ3v) is 4.45. The molecule has 0 unspecified atom stereocenters. The second kappa shape index (κ2) is 7.49. The zero-order valence-corrected chi connectivity index (χ0v) is 14.0. The smallest absolute Gasteiger partial charge is 0.254 e. The van der Waals surface area contributed by atoms with E-state index in [1.807, 2.05) is 4.90 Å². The van der Waals surface area contributed by atoms with Crippen molar-refractivity contribution in [3.8, 4) is 11.5 Å². The zero-order valence-electron chi connectivity index (χ0n) is 14.0. The molecule has 1 atom stereocenters. The number of nitrogens with zero attached hydrogens (tertiary/aromatic N) is 2. The van der Waals surface area contributed by atoms with Gasteiger partial charge in [0.05, 0.1) is 14.2 Å². The first kappa shape index (κ1) is 16.6. The molecule has 0 aliphatic carbocycles. The summed E-state index contributed by atoms with van der Waals surface area (Å²) in [5.74, 6) is 1.29. The molecule has 1 saturated heterocycles. The van der Waals surface area contributed by atoms with Crippen molar-refractivity contribution in [3.05, 3.63) is 23.8 Å². The molecule has 1 amide bonds. The molecule has 1 aromatic carbocycles. The number of carbonyl (C=O) groups excluding carboxylic acids is 1. The Balaban J connectivity index is 2.04. The Morgan fingerprint density at radius 3 is 2.32 bits per heavy atom. The summed E-state index contributed by atoms with van der Waals surface area (Å²) in [6.07, 6.45) is 1.14. The van der Waals surface area contributed by atoms with Crippen LogP contribution in [-0.4, -0.2) is 62.1 Å². The molecule has 122 valence electrons. The molecule has 22 heavy (non-hydrogen) atoms. The van der Waals surface area contributed by atoms with Crippen LogP contribution in [0.1, 0.15) is 30.6 Å². The Morgan fingerprint density at radius 1 is 1.14 bits per heavy atom. The van der Waals surface area contributed by atoms with E-state index in [1.165, 1.54) is 0 Å². The van der Waals surface area contributed by atoms with Gasteiger partial charge in [0.1, 0.15) is 0 Å². The minimum absolute atomic E-state index is 0.0600. The lowest BCUT2D eigenvalue weighted by Crippen LogP contribution is -2.51. The van der Waals surface area contributed by atoms with E-state index < -0.39 is 0 Å². The van der Waals surface area contributed by atoms with Crippen LogP contribution in [0.4, 0.5) is 0 Å². The molecule has 1 aliphatic heterocycles. The standard InChI is InChI=1S/C17H26N2O3/c1-5-13(2)18-8-10-19(11-9-18)17(20)14-6-7-15(21-3)16(12-14)22-4/h6-7,12-13H,5,8-11H2,1-4H3/t13-/m1/s1. The first-order valence-corrected chi connectivity index (χ1v) is 7.86. The summed E-state index contributed by atoms with van der Waals surface area (Å²) in [6.45, 7) is 7.87. The zero-order chi connectivity index (χ0) is 16.1. The van der Waals surface area contributed by atoms with Gasteiger partial charge in [-0.2, -0.15) is 0 Å². The van der Waals surface area contributed by atoms with Gasteiger partial charge in [0, 0.05) is 37.8 Å². The Bertz CT molecular complexity index is 511. The van der Waals surface area contributed by atoms with Crippen LogP contribution in [-0.2, 0) is 0 Å². The van der Waals surface area contributed by atoms with Crippen molar-refractivity contribution in [1.29, 1.82) is 0 Å². The molecule has 1 aromatic rings. The van der Waals surface area contributed by atoms with E-state index in [4.69, 9.17) is 9.47 Å². The number of methoxy groups -OCH3 is 2. The fourth-order valence-electron chi connectivity index (χ4n) is 2.78. The summed E-state index contributed by atoms with van der Waals surface area (Å²) in [5, 5.41) is 0. The molecule has 0 N–H and O–H groups in total. The van der Waals surface area contributed by atoms with Gasteiger partial charge in [-0.25, -0.2) is 0 Å². The summed E-state index contributed by atoms with van der Waals surface area (Å²) in [7, 11) is 3.17. The lowest BCUT2D eigenvalue weighted by Gasteiger charge is -2.37. The molecule has 0 aromatic heterocycles. The topological polar surface area (TPSA) is 42.0 Å². The number of carbonyl (C=O) groups is 1. The van der Waals surface area contributed by atoms with Crippen LogP contribution in [0, 0.1) is 0 Å². The van der Waals surface area contributed by atoms with Gasteiger partial charge in [0.25, 0.3) is 5.91 Å². The lowest BCUT2D eigenvalue weighted by molar-refractivity contribution is 0.0579. The van der Waals surface area contributed by atoms with Crippen LogP contribution in [0.2, 0.25) is 0 Å². The summed E-state index contributed by atoms with van der Waals surface area (Å²) in [5.41, 5.74) is 0.648. The number of hydrogen-bond acceptors (Lipinski definition) is 4. The molecule has 0 bridgehead atoms. The van der Waals surface area contributed by atoms with Gasteiger partial charge in [-0.15, -0.1) is 0 Å². The van der Waals surface area contributed by atoms with Crippen LogP contribution in [0.15, 0.2) is 18.2 Å². The fourth-order valence-corrected chi connectivity index (χ4v) is 2.78. The number of piperazine rings is 1. The van der Waals surface area contributed by atoms with Crippen LogP contribution in [0.5, 0.6) is 11.5 Å². The Kier molecular flexibility index (Phi) is 5.66. The predicted molar refractivity (Wildman–Crippen MR) is 86.8 cm³/mol. The number of ether oxygens (including phenoxy) is 2. The molecular weight excluding hydrogens is 280 g/mol. The summed E-state index contributed by atoms with van der Waals surface area (Å²) in [4.78, 5) is 17.0. The molecule has 5 heteroatoms. The second-order valence-electron chi connectivity index (χ2n) is 5.66. The number of hydrogen-bond donors (Lipinski definition) is 0. The third-order valence-electron chi connectivity index (χ3n) is 4.45. The maximum absolute atomic E-state index is 12.6. The number of rotatable bonds is 5. The monoisotopic (exact) mass is 306 g/mol. The predicted octanol–water partition coefficient (Wildman–Crippen LogP) is 2.26. The van der Waals surface area contributed by atoms with Crippen molar-refractivity contribution < 1.29 is 14.3 Å². The Labute approximate surface area is 132 Å². The summed E-state index contributed by atoms with van der Waals surface area (Å²) < 4.78 is 10.5. The third kappa shape index (κ3) is 3.53. The second-order valence-corrected chi connectivity index (χ2v) is 5.66. The van der Waals surface area contributed by atoms with Crippen molar-refractivity contribution in [3.63, 3.8) is 0 Å². The minimum atomic E-state index is 0.0600. The van der Waals surface area contributed by atoms with Gasteiger partial charge < -0.3 is 14.4 Å².